The lowest BCUT2D eigenvalue weighted by molar-refractivity contribution is 1.17. The van der Waals surface area contributed by atoms with Gasteiger partial charge < -0.3 is 5.32 Å². The number of aromatic nitrogens is 2. The van der Waals surface area contributed by atoms with Crippen LogP contribution in [0.3, 0.4) is 0 Å². The Hall–Kier alpha value is -1.17. The molecule has 0 bridgehead atoms. The number of hydrogen-bond donors (Lipinski definition) is 1. The van der Waals surface area contributed by atoms with Gasteiger partial charge in [0.1, 0.15) is 0 Å². The van der Waals surface area contributed by atoms with Gasteiger partial charge in [-0.15, -0.1) is 0 Å². The molecular weight excluding hydrogens is 289 g/mol. The fraction of sp³-hybridized carbons (Fsp3) is 0. The van der Waals surface area contributed by atoms with Gasteiger partial charge in [-0.25, -0.2) is 9.97 Å². The molecule has 14 heavy (non-hydrogen) atoms. The SMILES string of the molecule is Ic1ccc(Nc2ncccn2)cc1. The van der Waals surface area contributed by atoms with Gasteiger partial charge in [-0.1, -0.05) is 0 Å². The quantitative estimate of drug-likeness (QED) is 0.866. The van der Waals surface area contributed by atoms with Crippen LogP contribution in [0.5, 0.6) is 0 Å². The Kier molecular flexibility index (Phi) is 2.93. The van der Waals surface area contributed by atoms with E-state index in [1.54, 1.807) is 18.5 Å². The molecule has 0 saturated heterocycles. The summed E-state index contributed by atoms with van der Waals surface area (Å²) in [6.45, 7) is 0. The Morgan fingerprint density at radius 2 is 1.64 bits per heavy atom. The summed E-state index contributed by atoms with van der Waals surface area (Å²) in [5, 5.41) is 3.11. The number of anilines is 2. The highest BCUT2D eigenvalue weighted by Crippen LogP contribution is 2.13. The third-order valence-corrected chi connectivity index (χ3v) is 2.39. The third-order valence-electron chi connectivity index (χ3n) is 1.67. The molecular formula is C10H8IN3. The zero-order valence-corrected chi connectivity index (χ0v) is 9.47. The molecule has 1 heterocycles. The monoisotopic (exact) mass is 297 g/mol. The van der Waals surface area contributed by atoms with Crippen molar-refractivity contribution in [3.05, 3.63) is 46.3 Å². The maximum absolute atomic E-state index is 4.07. The Balaban J connectivity index is 2.16. The van der Waals surface area contributed by atoms with E-state index in [1.165, 1.54) is 3.57 Å². The van der Waals surface area contributed by atoms with E-state index in [0.717, 1.165) is 5.69 Å². The molecule has 0 unspecified atom stereocenters. The Bertz CT molecular complexity index is 399. The molecule has 0 saturated carbocycles. The molecule has 2 aromatic rings. The number of benzene rings is 1. The Labute approximate surface area is 95.7 Å². The van der Waals surface area contributed by atoms with Crippen LogP contribution in [0.15, 0.2) is 42.7 Å². The van der Waals surface area contributed by atoms with Crippen LogP contribution in [0.4, 0.5) is 11.6 Å². The standard InChI is InChI=1S/C10H8IN3/c11-8-2-4-9(5-3-8)14-10-12-6-1-7-13-10/h1-7H,(H,12,13,14). The molecule has 0 aliphatic rings. The van der Waals surface area contributed by atoms with Crippen LogP contribution >= 0.6 is 22.6 Å². The summed E-state index contributed by atoms with van der Waals surface area (Å²) in [6, 6.07) is 9.85. The Morgan fingerprint density at radius 3 is 2.29 bits per heavy atom. The molecule has 0 atom stereocenters. The van der Waals surface area contributed by atoms with Gasteiger partial charge in [0.2, 0.25) is 5.95 Å². The lowest BCUT2D eigenvalue weighted by Gasteiger charge is -2.03. The van der Waals surface area contributed by atoms with Gasteiger partial charge in [0.25, 0.3) is 0 Å². The topological polar surface area (TPSA) is 37.8 Å². The smallest absolute Gasteiger partial charge is 0.227 e. The highest BCUT2D eigenvalue weighted by molar-refractivity contribution is 14.1. The largest absolute Gasteiger partial charge is 0.324 e. The molecule has 0 radical (unpaired) electrons. The minimum absolute atomic E-state index is 0.619. The second-order valence-corrected chi connectivity index (χ2v) is 3.95. The van der Waals surface area contributed by atoms with Gasteiger partial charge >= 0.3 is 0 Å². The first-order valence-electron chi connectivity index (χ1n) is 4.14. The minimum Gasteiger partial charge on any atom is -0.324 e. The van der Waals surface area contributed by atoms with E-state index in [1.807, 2.05) is 24.3 Å². The molecule has 4 heteroatoms. The van der Waals surface area contributed by atoms with E-state index < -0.39 is 0 Å². The zero-order chi connectivity index (χ0) is 9.80. The van der Waals surface area contributed by atoms with Crippen molar-refractivity contribution in [1.29, 1.82) is 0 Å². The lowest BCUT2D eigenvalue weighted by Crippen LogP contribution is -1.95. The molecule has 2 rings (SSSR count). The summed E-state index contributed by atoms with van der Waals surface area (Å²) in [6.07, 6.45) is 3.42. The number of hydrogen-bond acceptors (Lipinski definition) is 3. The van der Waals surface area contributed by atoms with Gasteiger partial charge in [-0.3, -0.25) is 0 Å². The van der Waals surface area contributed by atoms with Crippen LogP contribution < -0.4 is 5.32 Å². The summed E-state index contributed by atoms with van der Waals surface area (Å²) in [5.74, 6) is 0.619. The average Bonchev–Trinajstić information content (AvgIpc) is 2.23. The molecule has 1 N–H and O–H groups in total. The van der Waals surface area contributed by atoms with Crippen molar-refractivity contribution in [2.24, 2.45) is 0 Å². The van der Waals surface area contributed by atoms with Crippen LogP contribution in [-0.4, -0.2) is 9.97 Å². The van der Waals surface area contributed by atoms with Crippen molar-refractivity contribution in [3.63, 3.8) is 0 Å². The van der Waals surface area contributed by atoms with Crippen molar-refractivity contribution >= 4 is 34.2 Å². The fourth-order valence-electron chi connectivity index (χ4n) is 1.03. The second kappa shape index (κ2) is 4.36. The van der Waals surface area contributed by atoms with E-state index in [9.17, 15) is 0 Å². The van der Waals surface area contributed by atoms with Crippen LogP contribution in [0, 0.1) is 3.57 Å². The summed E-state index contributed by atoms with van der Waals surface area (Å²) in [7, 11) is 0. The number of halogens is 1. The van der Waals surface area contributed by atoms with Crippen LogP contribution in [-0.2, 0) is 0 Å². The van der Waals surface area contributed by atoms with Crippen molar-refractivity contribution in [2.75, 3.05) is 5.32 Å². The molecule has 0 aliphatic heterocycles. The maximum atomic E-state index is 4.07. The van der Waals surface area contributed by atoms with E-state index in [0.29, 0.717) is 5.95 Å². The van der Waals surface area contributed by atoms with Gasteiger partial charge in [0, 0.05) is 21.7 Å². The van der Waals surface area contributed by atoms with Crippen molar-refractivity contribution in [3.8, 4) is 0 Å². The first-order valence-corrected chi connectivity index (χ1v) is 5.22. The molecule has 0 amide bonds. The summed E-state index contributed by atoms with van der Waals surface area (Å²) < 4.78 is 1.21. The van der Waals surface area contributed by atoms with Crippen LogP contribution in [0.25, 0.3) is 0 Å². The summed E-state index contributed by atoms with van der Waals surface area (Å²) in [4.78, 5) is 8.14. The molecule has 0 aliphatic carbocycles. The Morgan fingerprint density at radius 1 is 1.00 bits per heavy atom. The summed E-state index contributed by atoms with van der Waals surface area (Å²) in [5.41, 5.74) is 0.997. The number of rotatable bonds is 2. The molecule has 0 fully saturated rings. The van der Waals surface area contributed by atoms with Crippen molar-refractivity contribution in [2.45, 2.75) is 0 Å². The van der Waals surface area contributed by atoms with Gasteiger partial charge in [0.05, 0.1) is 0 Å². The highest BCUT2D eigenvalue weighted by Gasteiger charge is 1.94. The fourth-order valence-corrected chi connectivity index (χ4v) is 1.39. The molecule has 3 nitrogen and oxygen atoms in total. The van der Waals surface area contributed by atoms with Crippen molar-refractivity contribution in [1.82, 2.24) is 9.97 Å². The molecule has 1 aromatic heterocycles. The number of nitrogens with one attached hydrogen (secondary N) is 1. The van der Waals surface area contributed by atoms with Gasteiger partial charge in [-0.2, -0.15) is 0 Å². The summed E-state index contributed by atoms with van der Waals surface area (Å²) >= 11 is 2.27. The van der Waals surface area contributed by atoms with Gasteiger partial charge in [-0.05, 0) is 52.9 Å². The minimum atomic E-state index is 0.619. The highest BCUT2D eigenvalue weighted by atomic mass is 127. The molecule has 0 spiro atoms. The number of nitrogens with zero attached hydrogens (tertiary/aromatic N) is 2. The predicted octanol–water partition coefficient (Wildman–Crippen LogP) is 2.82. The normalized spacial score (nSPS) is 9.79. The van der Waals surface area contributed by atoms with Crippen LogP contribution in [0.1, 0.15) is 0 Å². The van der Waals surface area contributed by atoms with E-state index in [2.05, 4.69) is 37.9 Å². The van der Waals surface area contributed by atoms with E-state index >= 15 is 0 Å². The van der Waals surface area contributed by atoms with E-state index in [4.69, 9.17) is 0 Å². The van der Waals surface area contributed by atoms with Gasteiger partial charge in [0.15, 0.2) is 0 Å². The second-order valence-electron chi connectivity index (χ2n) is 2.70. The maximum Gasteiger partial charge on any atom is 0.227 e. The molecule has 1 aromatic carbocycles. The zero-order valence-electron chi connectivity index (χ0n) is 7.31. The first-order chi connectivity index (χ1) is 6.84. The van der Waals surface area contributed by atoms with Crippen molar-refractivity contribution < 1.29 is 0 Å². The van der Waals surface area contributed by atoms with E-state index in [-0.39, 0.29) is 0 Å². The van der Waals surface area contributed by atoms with Crippen LogP contribution in [0.2, 0.25) is 0 Å². The predicted molar refractivity (Wildman–Crippen MR) is 64.5 cm³/mol. The first kappa shape index (κ1) is 9.39. The molecule has 70 valence electrons. The lowest BCUT2D eigenvalue weighted by atomic mass is 10.3. The average molecular weight is 297 g/mol. The third kappa shape index (κ3) is 2.41.